The number of rotatable bonds is 5. The number of morpholine rings is 1. The molecule has 0 bridgehead atoms. The molecule has 0 aliphatic carbocycles. The van der Waals surface area contributed by atoms with Crippen LogP contribution in [0, 0.1) is 6.92 Å². The molecule has 112 valence electrons. The highest BCUT2D eigenvalue weighted by Gasteiger charge is 2.25. The molecule has 2 rings (SSSR count). The van der Waals surface area contributed by atoms with Gasteiger partial charge in [-0.25, -0.2) is 0 Å². The quantitative estimate of drug-likeness (QED) is 0.794. The highest BCUT2D eigenvalue weighted by molar-refractivity contribution is 5.78. The summed E-state index contributed by atoms with van der Waals surface area (Å²) in [5.74, 6) is 0.142. The first-order valence-electron chi connectivity index (χ1n) is 7.17. The number of hydrogen-bond acceptors (Lipinski definition) is 4. The van der Waals surface area contributed by atoms with E-state index in [1.54, 1.807) is 0 Å². The lowest BCUT2D eigenvalue weighted by atomic mass is 10.2. The van der Waals surface area contributed by atoms with E-state index in [0.29, 0.717) is 19.6 Å². The second-order valence-corrected chi connectivity index (χ2v) is 5.51. The third-order valence-electron chi connectivity index (χ3n) is 3.33. The molecule has 1 amide bonds. The molecule has 1 aliphatic heterocycles. The maximum atomic E-state index is 12.1. The summed E-state index contributed by atoms with van der Waals surface area (Å²) in [7, 11) is 0. The minimum atomic E-state index is 0.120. The average molecular weight is 280 g/mol. The number of carbonyl (C=O) groups excluding carboxylic acids is 1. The molecule has 2 atom stereocenters. The molecule has 20 heavy (non-hydrogen) atoms. The highest BCUT2D eigenvalue weighted by Crippen LogP contribution is 2.10. The Kier molecular flexibility index (Phi) is 5.14. The van der Waals surface area contributed by atoms with Crippen molar-refractivity contribution in [2.75, 3.05) is 26.2 Å². The summed E-state index contributed by atoms with van der Waals surface area (Å²) in [4.78, 5) is 14.0. The Labute approximate surface area is 120 Å². The van der Waals surface area contributed by atoms with Gasteiger partial charge in [-0.1, -0.05) is 0 Å². The first-order chi connectivity index (χ1) is 9.54. The zero-order valence-electron chi connectivity index (χ0n) is 12.5. The van der Waals surface area contributed by atoms with Gasteiger partial charge in [-0.05, 0) is 26.3 Å². The number of aromatic nitrogens is 2. The van der Waals surface area contributed by atoms with Crippen LogP contribution < -0.4 is 5.32 Å². The molecule has 0 radical (unpaired) electrons. The van der Waals surface area contributed by atoms with Crippen LogP contribution in [0.4, 0.5) is 0 Å². The Balaban J connectivity index is 1.67. The molecule has 1 aliphatic rings. The zero-order valence-corrected chi connectivity index (χ0v) is 12.5. The molecule has 6 nitrogen and oxygen atoms in total. The number of hydrogen-bond donors (Lipinski definition) is 1. The van der Waals surface area contributed by atoms with Gasteiger partial charge in [0, 0.05) is 25.8 Å². The molecule has 2 heterocycles. The fourth-order valence-corrected chi connectivity index (χ4v) is 2.47. The van der Waals surface area contributed by atoms with Gasteiger partial charge in [-0.3, -0.25) is 9.48 Å². The fraction of sp³-hybridized carbons (Fsp3) is 0.714. The molecule has 6 heteroatoms. The minimum absolute atomic E-state index is 0.120. The highest BCUT2D eigenvalue weighted by atomic mass is 16.5. The van der Waals surface area contributed by atoms with E-state index < -0.39 is 0 Å². The van der Waals surface area contributed by atoms with Crippen LogP contribution in [-0.2, 0) is 16.1 Å². The zero-order chi connectivity index (χ0) is 14.5. The van der Waals surface area contributed by atoms with E-state index in [2.05, 4.69) is 10.4 Å². The van der Waals surface area contributed by atoms with Gasteiger partial charge in [0.25, 0.3) is 0 Å². The number of carbonyl (C=O) groups is 1. The molecule has 1 N–H and O–H groups in total. The smallest absolute Gasteiger partial charge is 0.236 e. The van der Waals surface area contributed by atoms with Gasteiger partial charge in [0.05, 0.1) is 31.5 Å². The largest absolute Gasteiger partial charge is 0.372 e. The van der Waals surface area contributed by atoms with E-state index in [1.165, 1.54) is 0 Å². The van der Waals surface area contributed by atoms with Gasteiger partial charge in [-0.2, -0.15) is 5.10 Å². The predicted molar refractivity (Wildman–Crippen MR) is 76.4 cm³/mol. The average Bonchev–Trinajstić information content (AvgIpc) is 2.79. The van der Waals surface area contributed by atoms with Crippen LogP contribution in [0.5, 0.6) is 0 Å². The maximum absolute atomic E-state index is 12.1. The second-order valence-electron chi connectivity index (χ2n) is 5.51. The lowest BCUT2D eigenvalue weighted by molar-refractivity contribution is -0.142. The summed E-state index contributed by atoms with van der Waals surface area (Å²) < 4.78 is 7.51. The summed E-state index contributed by atoms with van der Waals surface area (Å²) in [6, 6.07) is 0. The summed E-state index contributed by atoms with van der Waals surface area (Å²) in [6.07, 6.45) is 4.07. The molecule has 1 aromatic rings. The monoisotopic (exact) mass is 280 g/mol. The number of ether oxygens (including phenoxy) is 1. The summed E-state index contributed by atoms with van der Waals surface area (Å²) in [5, 5.41) is 7.38. The van der Waals surface area contributed by atoms with E-state index >= 15 is 0 Å². The van der Waals surface area contributed by atoms with Crippen LogP contribution >= 0.6 is 0 Å². The Morgan fingerprint density at radius 1 is 1.45 bits per heavy atom. The second kappa shape index (κ2) is 6.85. The maximum Gasteiger partial charge on any atom is 0.236 e. The van der Waals surface area contributed by atoms with Gasteiger partial charge >= 0.3 is 0 Å². The molecule has 0 saturated carbocycles. The van der Waals surface area contributed by atoms with Gasteiger partial charge in [-0.15, -0.1) is 0 Å². The molecule has 0 spiro atoms. The molecule has 0 unspecified atom stereocenters. The van der Waals surface area contributed by atoms with E-state index in [9.17, 15) is 4.79 Å². The van der Waals surface area contributed by atoms with Gasteiger partial charge < -0.3 is 15.0 Å². The molecule has 1 fully saturated rings. The third kappa shape index (κ3) is 4.31. The van der Waals surface area contributed by atoms with Crippen molar-refractivity contribution in [3.63, 3.8) is 0 Å². The molecule has 0 aromatic carbocycles. The third-order valence-corrected chi connectivity index (χ3v) is 3.33. The first-order valence-corrected chi connectivity index (χ1v) is 7.17. The minimum Gasteiger partial charge on any atom is -0.372 e. The van der Waals surface area contributed by atoms with Gasteiger partial charge in [0.2, 0.25) is 5.91 Å². The molecular formula is C14H24N4O2. The van der Waals surface area contributed by atoms with Crippen molar-refractivity contribution in [3.8, 4) is 0 Å². The lowest BCUT2D eigenvalue weighted by Crippen LogP contribution is -2.50. The summed E-state index contributed by atoms with van der Waals surface area (Å²) in [6.45, 7) is 9.28. The number of nitrogens with zero attached hydrogens (tertiary/aromatic N) is 3. The molecule has 1 saturated heterocycles. The van der Waals surface area contributed by atoms with Crippen molar-refractivity contribution >= 4 is 5.91 Å². The molecule has 1 aromatic heterocycles. The fourth-order valence-electron chi connectivity index (χ4n) is 2.47. The van der Waals surface area contributed by atoms with Crippen molar-refractivity contribution in [2.45, 2.75) is 39.5 Å². The van der Waals surface area contributed by atoms with E-state index in [-0.39, 0.29) is 18.1 Å². The Bertz CT molecular complexity index is 436. The summed E-state index contributed by atoms with van der Waals surface area (Å²) >= 11 is 0. The topological polar surface area (TPSA) is 59.4 Å². The van der Waals surface area contributed by atoms with Crippen LogP contribution in [0.15, 0.2) is 12.4 Å². The van der Waals surface area contributed by atoms with Crippen molar-refractivity contribution < 1.29 is 9.53 Å². The Hall–Kier alpha value is -1.40. The Morgan fingerprint density at radius 3 is 2.75 bits per heavy atom. The number of nitrogens with one attached hydrogen (secondary N) is 1. The van der Waals surface area contributed by atoms with Crippen LogP contribution in [0.3, 0.4) is 0 Å². The van der Waals surface area contributed by atoms with Gasteiger partial charge in [0.1, 0.15) is 0 Å². The van der Waals surface area contributed by atoms with E-state index in [0.717, 1.165) is 18.7 Å². The SMILES string of the molecule is Cc1cnn(CCNCC(=O)N2C[C@@H](C)O[C@H](C)C2)c1. The normalized spacial score (nSPS) is 23.1. The van der Waals surface area contributed by atoms with Crippen molar-refractivity contribution in [2.24, 2.45) is 0 Å². The number of amides is 1. The van der Waals surface area contributed by atoms with E-state index in [1.807, 2.05) is 42.7 Å². The van der Waals surface area contributed by atoms with Crippen molar-refractivity contribution in [1.82, 2.24) is 20.0 Å². The summed E-state index contributed by atoms with van der Waals surface area (Å²) in [5.41, 5.74) is 1.15. The lowest BCUT2D eigenvalue weighted by Gasteiger charge is -2.35. The van der Waals surface area contributed by atoms with Gasteiger partial charge in [0.15, 0.2) is 0 Å². The predicted octanol–water partition coefficient (Wildman–Crippen LogP) is 0.417. The van der Waals surface area contributed by atoms with Crippen molar-refractivity contribution in [3.05, 3.63) is 18.0 Å². The first kappa shape index (κ1) is 15.0. The van der Waals surface area contributed by atoms with Crippen molar-refractivity contribution in [1.29, 1.82) is 0 Å². The van der Waals surface area contributed by atoms with Crippen LogP contribution in [0.2, 0.25) is 0 Å². The Morgan fingerprint density at radius 2 is 2.15 bits per heavy atom. The standard InChI is InChI=1S/C14H24N4O2/c1-11-6-16-18(8-11)5-4-15-7-14(19)17-9-12(2)20-13(3)10-17/h6,8,12-13,15H,4-5,7,9-10H2,1-3H3/t12-,13-/m1/s1. The number of aryl methyl sites for hydroxylation is 1. The van der Waals surface area contributed by atoms with Crippen LogP contribution in [0.1, 0.15) is 19.4 Å². The van der Waals surface area contributed by atoms with Crippen LogP contribution in [0.25, 0.3) is 0 Å². The molecular weight excluding hydrogens is 256 g/mol. The van der Waals surface area contributed by atoms with Crippen LogP contribution in [-0.4, -0.2) is 59.0 Å². The van der Waals surface area contributed by atoms with E-state index in [4.69, 9.17) is 4.74 Å².